The number of benzene rings is 2. The third kappa shape index (κ3) is 6.54. The van der Waals surface area contributed by atoms with Crippen LogP contribution < -0.4 is 21.5 Å². The first-order valence-corrected chi connectivity index (χ1v) is 11.0. The van der Waals surface area contributed by atoms with E-state index in [2.05, 4.69) is 26.5 Å². The molecule has 1 saturated heterocycles. The van der Waals surface area contributed by atoms with E-state index < -0.39 is 17.6 Å². The molecule has 0 saturated carbocycles. The Morgan fingerprint density at radius 2 is 1.76 bits per heavy atom. The molecule has 1 aliphatic rings. The van der Waals surface area contributed by atoms with Crippen molar-refractivity contribution >= 4 is 11.9 Å². The van der Waals surface area contributed by atoms with Gasteiger partial charge in [-0.2, -0.15) is 18.2 Å². The van der Waals surface area contributed by atoms with Crippen LogP contribution in [0.2, 0.25) is 0 Å². The first-order chi connectivity index (χ1) is 15.9. The van der Waals surface area contributed by atoms with Gasteiger partial charge in [0.15, 0.2) is 0 Å². The molecule has 0 spiro atoms. The number of rotatable bonds is 5. The second-order valence-electron chi connectivity index (χ2n) is 8.80. The predicted octanol–water partition coefficient (Wildman–Crippen LogP) is 4.44. The van der Waals surface area contributed by atoms with E-state index in [0.717, 1.165) is 29.8 Å². The lowest BCUT2D eigenvalue weighted by molar-refractivity contribution is -0.137. The van der Waals surface area contributed by atoms with Crippen LogP contribution in [0.25, 0.3) is 0 Å². The van der Waals surface area contributed by atoms with Crippen LogP contribution in [0.1, 0.15) is 60.3 Å². The Bertz CT molecular complexity index is 1040. The molecule has 184 valence electrons. The van der Waals surface area contributed by atoms with E-state index in [-0.39, 0.29) is 41.5 Å². The van der Waals surface area contributed by atoms with Crippen molar-refractivity contribution in [2.24, 2.45) is 10.9 Å². The molecule has 0 radical (unpaired) electrons. The highest BCUT2D eigenvalue weighted by atomic mass is 19.4. The van der Waals surface area contributed by atoms with Gasteiger partial charge in [-0.25, -0.2) is 15.2 Å². The summed E-state index contributed by atoms with van der Waals surface area (Å²) in [4.78, 5) is 16.8. The smallest absolute Gasteiger partial charge is 0.353 e. The number of aryl methyl sites for hydroxylation is 1. The van der Waals surface area contributed by atoms with Gasteiger partial charge >= 0.3 is 6.18 Å². The van der Waals surface area contributed by atoms with Gasteiger partial charge < -0.3 is 10.6 Å². The highest BCUT2D eigenvalue weighted by molar-refractivity contribution is 6.02. The standard InChI is InChI=1S/C24H29F4N5O/c1-13(2)15(4)29-23(31-22(34)16-7-9-18(10-8-16)24(26,27)28)30-21-12-20(32-33-21)17-6-5-14(3)19(25)11-17/h5-11,13,15,20-21,32-33H,12H2,1-4H3,(H2,29,30,31,34). The van der Waals surface area contributed by atoms with Crippen LogP contribution in [0, 0.1) is 18.7 Å². The number of hydrogen-bond acceptors (Lipinski definition) is 3. The van der Waals surface area contributed by atoms with Crippen LogP contribution in [-0.2, 0) is 6.18 Å². The zero-order valence-electron chi connectivity index (χ0n) is 19.4. The van der Waals surface area contributed by atoms with E-state index in [4.69, 9.17) is 0 Å². The number of hydrogen-bond donors (Lipinski definition) is 4. The van der Waals surface area contributed by atoms with E-state index in [0.29, 0.717) is 12.0 Å². The maximum atomic E-state index is 14.0. The molecule has 3 rings (SSSR count). The van der Waals surface area contributed by atoms with Gasteiger partial charge in [0.05, 0.1) is 11.7 Å². The van der Waals surface area contributed by atoms with Gasteiger partial charge in [-0.15, -0.1) is 0 Å². The SMILES string of the molecule is Cc1ccc(C2CC(N/C(=N\C(=O)c3ccc(C(F)(F)F)cc3)NC(C)C(C)C)NN2)cc1F. The number of nitrogens with zero attached hydrogens (tertiary/aromatic N) is 1. The Morgan fingerprint density at radius 3 is 2.35 bits per heavy atom. The molecule has 1 fully saturated rings. The molecule has 3 atom stereocenters. The Labute approximate surface area is 196 Å². The lowest BCUT2D eigenvalue weighted by Crippen LogP contribution is -2.52. The quantitative estimate of drug-likeness (QED) is 0.290. The van der Waals surface area contributed by atoms with E-state index in [1.807, 2.05) is 26.8 Å². The van der Waals surface area contributed by atoms with Crippen LogP contribution in [0.5, 0.6) is 0 Å². The molecule has 10 heteroatoms. The number of hydrazine groups is 1. The highest BCUT2D eigenvalue weighted by Gasteiger charge is 2.30. The summed E-state index contributed by atoms with van der Waals surface area (Å²) in [6.07, 6.45) is -4.28. The molecule has 6 nitrogen and oxygen atoms in total. The molecule has 0 aliphatic carbocycles. The van der Waals surface area contributed by atoms with Gasteiger partial charge in [0.25, 0.3) is 5.91 Å². The minimum Gasteiger partial charge on any atom is -0.353 e. The maximum Gasteiger partial charge on any atom is 0.416 e. The van der Waals surface area contributed by atoms with Gasteiger partial charge in [0.2, 0.25) is 5.96 Å². The van der Waals surface area contributed by atoms with E-state index in [1.165, 1.54) is 6.07 Å². The zero-order valence-corrected chi connectivity index (χ0v) is 19.4. The van der Waals surface area contributed by atoms with Crippen LogP contribution >= 0.6 is 0 Å². The largest absolute Gasteiger partial charge is 0.416 e. The van der Waals surface area contributed by atoms with Crippen molar-refractivity contribution in [1.82, 2.24) is 21.5 Å². The Balaban J connectivity index is 1.74. The first kappa shape index (κ1) is 25.6. The van der Waals surface area contributed by atoms with Gasteiger partial charge in [-0.05, 0) is 61.2 Å². The molecule has 1 amide bonds. The van der Waals surface area contributed by atoms with Crippen molar-refractivity contribution in [3.05, 3.63) is 70.5 Å². The average molecular weight is 480 g/mol. The lowest BCUT2D eigenvalue weighted by Gasteiger charge is -2.23. The molecule has 0 aromatic heterocycles. The third-order valence-electron chi connectivity index (χ3n) is 5.85. The van der Waals surface area contributed by atoms with Crippen molar-refractivity contribution in [3.8, 4) is 0 Å². The molecular weight excluding hydrogens is 450 g/mol. The molecule has 3 unspecified atom stereocenters. The van der Waals surface area contributed by atoms with Crippen molar-refractivity contribution < 1.29 is 22.4 Å². The normalized spacial score (nSPS) is 19.9. The number of aliphatic imine (C=N–C) groups is 1. The Morgan fingerprint density at radius 1 is 1.09 bits per heavy atom. The van der Waals surface area contributed by atoms with Gasteiger partial charge in [0, 0.05) is 24.1 Å². The summed E-state index contributed by atoms with van der Waals surface area (Å²) < 4.78 is 52.4. The number of amides is 1. The minimum absolute atomic E-state index is 0.0387. The summed E-state index contributed by atoms with van der Waals surface area (Å²) in [6, 6.07) is 8.77. The molecule has 1 heterocycles. The number of guanidine groups is 1. The second-order valence-corrected chi connectivity index (χ2v) is 8.80. The summed E-state index contributed by atoms with van der Waals surface area (Å²) in [7, 11) is 0. The fraction of sp³-hybridized carbons (Fsp3) is 0.417. The number of carbonyl (C=O) groups is 1. The molecule has 0 bridgehead atoms. The van der Waals surface area contributed by atoms with Crippen LogP contribution in [-0.4, -0.2) is 24.1 Å². The van der Waals surface area contributed by atoms with Gasteiger partial charge in [-0.3, -0.25) is 4.79 Å². The molecule has 2 aromatic carbocycles. The Hall–Kier alpha value is -2.98. The highest BCUT2D eigenvalue weighted by Crippen LogP contribution is 2.29. The van der Waals surface area contributed by atoms with Crippen molar-refractivity contribution in [2.75, 3.05) is 0 Å². The summed E-state index contributed by atoms with van der Waals surface area (Å²) >= 11 is 0. The number of nitrogens with one attached hydrogen (secondary N) is 4. The zero-order chi connectivity index (χ0) is 25.0. The lowest BCUT2D eigenvalue weighted by atomic mass is 10.0. The van der Waals surface area contributed by atoms with E-state index in [9.17, 15) is 22.4 Å². The van der Waals surface area contributed by atoms with Gasteiger partial charge in [-0.1, -0.05) is 26.0 Å². The van der Waals surface area contributed by atoms with Crippen LogP contribution in [0.4, 0.5) is 17.6 Å². The number of halogens is 4. The number of alkyl halides is 3. The first-order valence-electron chi connectivity index (χ1n) is 11.0. The summed E-state index contributed by atoms with van der Waals surface area (Å²) in [6.45, 7) is 7.64. The monoisotopic (exact) mass is 479 g/mol. The van der Waals surface area contributed by atoms with E-state index in [1.54, 1.807) is 13.0 Å². The Kier molecular flexibility index (Phi) is 7.93. The van der Waals surface area contributed by atoms with Crippen molar-refractivity contribution in [2.45, 2.75) is 58.5 Å². The molecular formula is C24H29F4N5O. The maximum absolute atomic E-state index is 14.0. The third-order valence-corrected chi connectivity index (χ3v) is 5.85. The number of carbonyl (C=O) groups excluding carboxylic acids is 1. The average Bonchev–Trinajstić information content (AvgIpc) is 3.23. The molecule has 4 N–H and O–H groups in total. The minimum atomic E-state index is -4.48. The molecule has 34 heavy (non-hydrogen) atoms. The fourth-order valence-corrected chi connectivity index (χ4v) is 3.32. The summed E-state index contributed by atoms with van der Waals surface area (Å²) in [5.74, 6) is -0.539. The van der Waals surface area contributed by atoms with E-state index >= 15 is 0 Å². The van der Waals surface area contributed by atoms with Crippen molar-refractivity contribution in [1.29, 1.82) is 0 Å². The van der Waals surface area contributed by atoms with Crippen molar-refractivity contribution in [3.63, 3.8) is 0 Å². The van der Waals surface area contributed by atoms with Crippen LogP contribution in [0.15, 0.2) is 47.5 Å². The summed E-state index contributed by atoms with van der Waals surface area (Å²) in [5, 5.41) is 6.30. The predicted molar refractivity (Wildman–Crippen MR) is 122 cm³/mol. The fourth-order valence-electron chi connectivity index (χ4n) is 3.32. The molecule has 2 aromatic rings. The summed E-state index contributed by atoms with van der Waals surface area (Å²) in [5.41, 5.74) is 6.72. The van der Waals surface area contributed by atoms with Gasteiger partial charge in [0.1, 0.15) is 5.82 Å². The molecule has 1 aliphatic heterocycles. The van der Waals surface area contributed by atoms with Crippen LogP contribution in [0.3, 0.4) is 0 Å². The second kappa shape index (κ2) is 10.5. The topological polar surface area (TPSA) is 77.5 Å².